The summed E-state index contributed by atoms with van der Waals surface area (Å²) in [5, 5.41) is 8.56. The van der Waals surface area contributed by atoms with Gasteiger partial charge in [0.1, 0.15) is 5.75 Å². The SMILES string of the molecule is COc1ccc(C(=O)NC(=S)Nc2cccc(NC(=O)C(C)C)c2)cc1I. The Labute approximate surface area is 177 Å². The van der Waals surface area contributed by atoms with E-state index >= 15 is 0 Å². The summed E-state index contributed by atoms with van der Waals surface area (Å²) in [7, 11) is 1.58. The molecule has 2 aromatic carbocycles. The van der Waals surface area contributed by atoms with Crippen molar-refractivity contribution in [1.29, 1.82) is 0 Å². The molecule has 0 aliphatic rings. The van der Waals surface area contributed by atoms with Crippen LogP contribution < -0.4 is 20.7 Å². The molecule has 0 unspecified atom stereocenters. The van der Waals surface area contributed by atoms with Crippen LogP contribution >= 0.6 is 34.8 Å². The van der Waals surface area contributed by atoms with Gasteiger partial charge in [0, 0.05) is 22.9 Å². The Morgan fingerprint density at radius 2 is 1.74 bits per heavy atom. The lowest BCUT2D eigenvalue weighted by atomic mass is 10.2. The van der Waals surface area contributed by atoms with E-state index < -0.39 is 0 Å². The number of halogens is 1. The Morgan fingerprint density at radius 1 is 1.07 bits per heavy atom. The van der Waals surface area contributed by atoms with Crippen molar-refractivity contribution in [2.75, 3.05) is 17.7 Å². The molecule has 2 aromatic rings. The number of carbonyl (C=O) groups excluding carboxylic acids is 2. The lowest BCUT2D eigenvalue weighted by molar-refractivity contribution is -0.118. The second kappa shape index (κ2) is 9.65. The number of methoxy groups -OCH3 is 1. The molecule has 0 aromatic heterocycles. The highest BCUT2D eigenvalue weighted by molar-refractivity contribution is 14.1. The van der Waals surface area contributed by atoms with Crippen LogP contribution in [0.4, 0.5) is 11.4 Å². The lowest BCUT2D eigenvalue weighted by Crippen LogP contribution is -2.34. The molecule has 6 nitrogen and oxygen atoms in total. The van der Waals surface area contributed by atoms with Crippen molar-refractivity contribution >= 4 is 63.1 Å². The fourth-order valence-corrected chi connectivity index (χ4v) is 3.05. The van der Waals surface area contributed by atoms with Crippen molar-refractivity contribution in [2.45, 2.75) is 13.8 Å². The van der Waals surface area contributed by atoms with Gasteiger partial charge in [-0.1, -0.05) is 19.9 Å². The fourth-order valence-electron chi connectivity index (χ4n) is 2.11. The van der Waals surface area contributed by atoms with Gasteiger partial charge in [-0.3, -0.25) is 14.9 Å². The van der Waals surface area contributed by atoms with E-state index in [4.69, 9.17) is 17.0 Å². The first kappa shape index (κ1) is 21.1. The van der Waals surface area contributed by atoms with Crippen LogP contribution in [0.1, 0.15) is 24.2 Å². The average molecular weight is 497 g/mol. The molecule has 0 saturated carbocycles. The minimum Gasteiger partial charge on any atom is -0.496 e. The Kier molecular flexibility index (Phi) is 7.55. The maximum Gasteiger partial charge on any atom is 0.257 e. The summed E-state index contributed by atoms with van der Waals surface area (Å²) in [4.78, 5) is 24.1. The third kappa shape index (κ3) is 6.17. The van der Waals surface area contributed by atoms with Crippen molar-refractivity contribution < 1.29 is 14.3 Å². The molecule has 2 amide bonds. The average Bonchev–Trinajstić information content (AvgIpc) is 2.61. The fraction of sp³-hybridized carbons (Fsp3) is 0.211. The van der Waals surface area contributed by atoms with E-state index in [1.165, 1.54) is 0 Å². The van der Waals surface area contributed by atoms with Gasteiger partial charge in [0.15, 0.2) is 5.11 Å². The molecule has 2 rings (SSSR count). The van der Waals surface area contributed by atoms with Crippen LogP contribution in [0.2, 0.25) is 0 Å². The van der Waals surface area contributed by atoms with Gasteiger partial charge in [0.05, 0.1) is 10.7 Å². The zero-order valence-corrected chi connectivity index (χ0v) is 18.1. The first-order chi connectivity index (χ1) is 12.8. The smallest absolute Gasteiger partial charge is 0.257 e. The van der Waals surface area contributed by atoms with E-state index in [1.54, 1.807) is 49.6 Å². The highest BCUT2D eigenvalue weighted by Gasteiger charge is 2.11. The van der Waals surface area contributed by atoms with Crippen molar-refractivity contribution in [3.05, 3.63) is 51.6 Å². The molecule has 3 N–H and O–H groups in total. The standard InChI is InChI=1S/C19H20IN3O3S/c1-11(2)17(24)21-13-5-4-6-14(10-13)22-19(27)23-18(25)12-7-8-16(26-3)15(20)9-12/h4-11H,1-3H3,(H,21,24)(H2,22,23,25,27). The van der Waals surface area contributed by atoms with Gasteiger partial charge in [-0.15, -0.1) is 0 Å². The molecule has 27 heavy (non-hydrogen) atoms. The highest BCUT2D eigenvalue weighted by atomic mass is 127. The molecule has 0 aliphatic carbocycles. The molecule has 142 valence electrons. The van der Waals surface area contributed by atoms with Gasteiger partial charge in [-0.05, 0) is 71.2 Å². The summed E-state index contributed by atoms with van der Waals surface area (Å²) in [6.07, 6.45) is 0. The number of hydrogen-bond donors (Lipinski definition) is 3. The first-order valence-corrected chi connectivity index (χ1v) is 9.65. The molecule has 0 radical (unpaired) electrons. The number of thiocarbonyl (C=S) groups is 1. The van der Waals surface area contributed by atoms with Gasteiger partial charge in [0.2, 0.25) is 5.91 Å². The van der Waals surface area contributed by atoms with Crippen LogP contribution in [-0.2, 0) is 4.79 Å². The molecule has 0 saturated heterocycles. The second-order valence-electron chi connectivity index (χ2n) is 5.98. The molecule has 0 heterocycles. The van der Waals surface area contributed by atoms with Gasteiger partial charge < -0.3 is 15.4 Å². The van der Waals surface area contributed by atoms with E-state index in [0.717, 1.165) is 3.57 Å². The van der Waals surface area contributed by atoms with E-state index in [0.29, 0.717) is 22.7 Å². The molecule has 8 heteroatoms. The van der Waals surface area contributed by atoms with Crippen LogP contribution in [0.15, 0.2) is 42.5 Å². The quantitative estimate of drug-likeness (QED) is 0.430. The van der Waals surface area contributed by atoms with Crippen molar-refractivity contribution in [3.63, 3.8) is 0 Å². The zero-order valence-electron chi connectivity index (χ0n) is 15.1. The minimum absolute atomic E-state index is 0.0721. The van der Waals surface area contributed by atoms with Crippen molar-refractivity contribution in [2.24, 2.45) is 5.92 Å². The highest BCUT2D eigenvalue weighted by Crippen LogP contribution is 2.21. The van der Waals surface area contributed by atoms with E-state index in [2.05, 4.69) is 38.5 Å². The van der Waals surface area contributed by atoms with Crippen LogP contribution in [-0.4, -0.2) is 24.0 Å². The Balaban J connectivity index is 2.00. The predicted molar refractivity (Wildman–Crippen MR) is 119 cm³/mol. The number of amides is 2. The number of carbonyl (C=O) groups is 2. The summed E-state index contributed by atoms with van der Waals surface area (Å²) in [6, 6.07) is 12.2. The maximum atomic E-state index is 12.3. The van der Waals surface area contributed by atoms with Crippen LogP contribution in [0.5, 0.6) is 5.75 Å². The lowest BCUT2D eigenvalue weighted by Gasteiger charge is -2.12. The number of rotatable bonds is 5. The van der Waals surface area contributed by atoms with E-state index in [9.17, 15) is 9.59 Å². The Bertz CT molecular complexity index is 871. The molecule has 0 aliphatic heterocycles. The Hall–Kier alpha value is -2.20. The minimum atomic E-state index is -0.322. The van der Waals surface area contributed by atoms with Crippen molar-refractivity contribution in [1.82, 2.24) is 5.32 Å². The molecule has 0 bridgehead atoms. The second-order valence-corrected chi connectivity index (χ2v) is 7.55. The van der Waals surface area contributed by atoms with Crippen molar-refractivity contribution in [3.8, 4) is 5.75 Å². The normalized spacial score (nSPS) is 10.3. The first-order valence-electron chi connectivity index (χ1n) is 8.17. The largest absolute Gasteiger partial charge is 0.496 e. The topological polar surface area (TPSA) is 79.5 Å². The number of benzene rings is 2. The number of nitrogens with one attached hydrogen (secondary N) is 3. The maximum absolute atomic E-state index is 12.3. The van der Waals surface area contributed by atoms with Crippen LogP contribution in [0.25, 0.3) is 0 Å². The zero-order chi connectivity index (χ0) is 20.0. The van der Waals surface area contributed by atoms with E-state index in [-0.39, 0.29) is 22.8 Å². The summed E-state index contributed by atoms with van der Waals surface area (Å²) in [6.45, 7) is 3.64. The van der Waals surface area contributed by atoms with E-state index in [1.807, 2.05) is 13.8 Å². The number of ether oxygens (including phenoxy) is 1. The monoisotopic (exact) mass is 497 g/mol. The van der Waals surface area contributed by atoms with Gasteiger partial charge in [0.25, 0.3) is 5.91 Å². The molecule has 0 fully saturated rings. The summed E-state index contributed by atoms with van der Waals surface area (Å²) in [5.74, 6) is 0.192. The summed E-state index contributed by atoms with van der Waals surface area (Å²) in [5.41, 5.74) is 1.78. The summed E-state index contributed by atoms with van der Waals surface area (Å²) < 4.78 is 6.01. The summed E-state index contributed by atoms with van der Waals surface area (Å²) >= 11 is 7.31. The van der Waals surface area contributed by atoms with Gasteiger partial charge >= 0.3 is 0 Å². The third-order valence-corrected chi connectivity index (χ3v) is 4.60. The van der Waals surface area contributed by atoms with Gasteiger partial charge in [-0.25, -0.2) is 0 Å². The van der Waals surface area contributed by atoms with Crippen LogP contribution in [0.3, 0.4) is 0 Å². The third-order valence-electron chi connectivity index (χ3n) is 3.55. The molecule has 0 spiro atoms. The molecule has 0 atom stereocenters. The number of anilines is 2. The molecular weight excluding hydrogens is 477 g/mol. The van der Waals surface area contributed by atoms with Gasteiger partial charge in [-0.2, -0.15) is 0 Å². The Morgan fingerprint density at radius 3 is 2.33 bits per heavy atom. The predicted octanol–water partition coefficient (Wildman–Crippen LogP) is 4.02. The number of hydrogen-bond acceptors (Lipinski definition) is 4. The molecular formula is C19H20IN3O3S. The van der Waals surface area contributed by atoms with Crippen LogP contribution in [0, 0.1) is 9.49 Å².